The number of nitrogens with one attached hydrogen (secondary N) is 2. The van der Waals surface area contributed by atoms with E-state index in [1.54, 1.807) is 0 Å². The van der Waals surface area contributed by atoms with E-state index >= 15 is 0 Å². The van der Waals surface area contributed by atoms with E-state index in [0.29, 0.717) is 0 Å². The third-order valence-electron chi connectivity index (χ3n) is 4.80. The molecule has 2 amide bonds. The summed E-state index contributed by atoms with van der Waals surface area (Å²) in [6.45, 7) is 13.0. The number of benzene rings is 1. The zero-order valence-electron chi connectivity index (χ0n) is 15.7. The van der Waals surface area contributed by atoms with Gasteiger partial charge in [-0.25, -0.2) is 4.79 Å². The Bertz CT molecular complexity index is 528. The van der Waals surface area contributed by atoms with E-state index in [2.05, 4.69) is 49.3 Å². The highest BCUT2D eigenvalue weighted by Gasteiger charge is 2.18. The van der Waals surface area contributed by atoms with Gasteiger partial charge < -0.3 is 15.5 Å². The maximum Gasteiger partial charge on any atom is 0.319 e. The van der Waals surface area contributed by atoms with E-state index in [9.17, 15) is 4.79 Å². The molecule has 0 spiro atoms. The van der Waals surface area contributed by atoms with Crippen LogP contribution in [0.3, 0.4) is 0 Å². The number of rotatable bonds is 5. The highest BCUT2D eigenvalue weighted by Crippen LogP contribution is 2.29. The number of urea groups is 1. The van der Waals surface area contributed by atoms with E-state index in [-0.39, 0.29) is 11.4 Å². The fourth-order valence-electron chi connectivity index (χ4n) is 3.20. The van der Waals surface area contributed by atoms with E-state index in [0.717, 1.165) is 36.7 Å². The van der Waals surface area contributed by atoms with Gasteiger partial charge in [0.1, 0.15) is 0 Å². The van der Waals surface area contributed by atoms with E-state index in [1.165, 1.54) is 25.9 Å². The van der Waals surface area contributed by atoms with Gasteiger partial charge in [-0.1, -0.05) is 45.9 Å². The van der Waals surface area contributed by atoms with Crippen LogP contribution in [-0.4, -0.2) is 37.1 Å². The van der Waals surface area contributed by atoms with Crippen molar-refractivity contribution >= 4 is 11.7 Å². The molecule has 2 N–H and O–H groups in total. The number of anilines is 1. The molecule has 24 heavy (non-hydrogen) atoms. The topological polar surface area (TPSA) is 44.4 Å². The molecule has 0 aromatic heterocycles. The average molecular weight is 332 g/mol. The first kappa shape index (κ1) is 18.8. The first-order chi connectivity index (χ1) is 11.4. The summed E-state index contributed by atoms with van der Waals surface area (Å²) in [6.07, 6.45) is 3.61. The van der Waals surface area contributed by atoms with Gasteiger partial charge in [-0.3, -0.25) is 0 Å². The lowest BCUT2D eigenvalue weighted by molar-refractivity contribution is 0.190. The van der Waals surface area contributed by atoms with Crippen molar-refractivity contribution in [3.63, 3.8) is 0 Å². The summed E-state index contributed by atoms with van der Waals surface area (Å²) in [6, 6.07) is 7.91. The monoisotopic (exact) mass is 331 g/mol. The van der Waals surface area contributed by atoms with Crippen LogP contribution in [0.5, 0.6) is 0 Å². The Kier molecular flexibility index (Phi) is 6.67. The molecule has 0 radical (unpaired) electrons. The van der Waals surface area contributed by atoms with E-state index in [4.69, 9.17) is 0 Å². The van der Waals surface area contributed by atoms with Gasteiger partial charge in [0.15, 0.2) is 0 Å². The molecule has 0 aliphatic carbocycles. The third-order valence-corrected chi connectivity index (χ3v) is 4.80. The van der Waals surface area contributed by atoms with Gasteiger partial charge in [-0.15, -0.1) is 0 Å². The molecule has 1 fully saturated rings. The summed E-state index contributed by atoms with van der Waals surface area (Å²) in [5.74, 6) is 0.869. The van der Waals surface area contributed by atoms with Crippen LogP contribution in [0.2, 0.25) is 0 Å². The van der Waals surface area contributed by atoms with Crippen LogP contribution in [0.25, 0.3) is 0 Å². The standard InChI is InChI=1S/C20H33N3O/c1-16-10-14-23(15-11-16)13-7-12-21-19(24)22-18-9-6-5-8-17(18)20(2,3)4/h5-6,8-9,16H,7,10-15H2,1-4H3,(H2,21,22,24). The summed E-state index contributed by atoms with van der Waals surface area (Å²) in [7, 11) is 0. The van der Waals surface area contributed by atoms with E-state index in [1.807, 2.05) is 18.2 Å². The Labute approximate surface area is 147 Å². The van der Waals surface area contributed by atoms with Crippen molar-refractivity contribution in [3.8, 4) is 0 Å². The SMILES string of the molecule is CC1CCN(CCCNC(=O)Nc2ccccc2C(C)(C)C)CC1. The third kappa shape index (κ3) is 5.82. The molecule has 4 heteroatoms. The lowest BCUT2D eigenvalue weighted by Crippen LogP contribution is -2.36. The molecule has 2 rings (SSSR count). The van der Waals surface area contributed by atoms with Crippen molar-refractivity contribution in [2.45, 2.75) is 52.4 Å². The Morgan fingerprint density at radius 1 is 1.21 bits per heavy atom. The number of para-hydroxylation sites is 1. The minimum atomic E-state index is -0.112. The first-order valence-electron chi connectivity index (χ1n) is 9.23. The van der Waals surface area contributed by atoms with Crippen LogP contribution in [0.1, 0.15) is 52.5 Å². The normalized spacial score (nSPS) is 16.8. The van der Waals surface area contributed by atoms with Crippen LogP contribution < -0.4 is 10.6 Å². The van der Waals surface area contributed by atoms with Crippen LogP contribution in [-0.2, 0) is 5.41 Å². The Morgan fingerprint density at radius 3 is 2.54 bits per heavy atom. The molecule has 1 aromatic carbocycles. The summed E-state index contributed by atoms with van der Waals surface area (Å²) < 4.78 is 0. The number of hydrogen-bond acceptors (Lipinski definition) is 2. The molecule has 0 atom stereocenters. The smallest absolute Gasteiger partial charge is 0.319 e. The fourth-order valence-corrected chi connectivity index (χ4v) is 3.20. The number of likely N-dealkylation sites (tertiary alicyclic amines) is 1. The van der Waals surface area contributed by atoms with Gasteiger partial charge in [0.2, 0.25) is 0 Å². The second kappa shape index (κ2) is 8.52. The Morgan fingerprint density at radius 2 is 1.88 bits per heavy atom. The van der Waals surface area contributed by atoms with Crippen molar-refractivity contribution in [1.29, 1.82) is 0 Å². The minimum Gasteiger partial charge on any atom is -0.338 e. The molecule has 0 unspecified atom stereocenters. The average Bonchev–Trinajstić information content (AvgIpc) is 2.53. The molecule has 1 aliphatic heterocycles. The van der Waals surface area contributed by atoms with Gasteiger partial charge >= 0.3 is 6.03 Å². The van der Waals surface area contributed by atoms with Crippen molar-refractivity contribution < 1.29 is 4.79 Å². The molecule has 0 bridgehead atoms. The number of carbonyl (C=O) groups excluding carboxylic acids is 1. The van der Waals surface area contributed by atoms with Gasteiger partial charge in [0, 0.05) is 12.2 Å². The fraction of sp³-hybridized carbons (Fsp3) is 0.650. The summed E-state index contributed by atoms with van der Waals surface area (Å²) >= 11 is 0. The molecule has 134 valence electrons. The van der Waals surface area contributed by atoms with Crippen molar-refractivity contribution in [2.24, 2.45) is 5.92 Å². The largest absolute Gasteiger partial charge is 0.338 e. The second-order valence-corrected chi connectivity index (χ2v) is 8.05. The number of nitrogens with zero attached hydrogens (tertiary/aromatic N) is 1. The van der Waals surface area contributed by atoms with Gasteiger partial charge in [-0.2, -0.15) is 0 Å². The lowest BCUT2D eigenvalue weighted by Gasteiger charge is -2.30. The van der Waals surface area contributed by atoms with Crippen LogP contribution in [0.15, 0.2) is 24.3 Å². The number of carbonyl (C=O) groups is 1. The predicted octanol–water partition coefficient (Wildman–Crippen LogP) is 4.23. The molecule has 1 aromatic rings. The molecule has 4 nitrogen and oxygen atoms in total. The Hall–Kier alpha value is -1.55. The maximum atomic E-state index is 12.1. The number of amides is 2. The highest BCUT2D eigenvalue weighted by atomic mass is 16.2. The number of piperidine rings is 1. The summed E-state index contributed by atoms with van der Waals surface area (Å²) in [5.41, 5.74) is 2.06. The summed E-state index contributed by atoms with van der Waals surface area (Å²) in [4.78, 5) is 14.7. The van der Waals surface area contributed by atoms with Gasteiger partial charge in [-0.05, 0) is 61.9 Å². The summed E-state index contributed by atoms with van der Waals surface area (Å²) in [5, 5.41) is 5.98. The van der Waals surface area contributed by atoms with Gasteiger partial charge in [0.05, 0.1) is 0 Å². The quantitative estimate of drug-likeness (QED) is 0.793. The van der Waals surface area contributed by atoms with Crippen LogP contribution in [0.4, 0.5) is 10.5 Å². The predicted molar refractivity (Wildman–Crippen MR) is 102 cm³/mol. The highest BCUT2D eigenvalue weighted by molar-refractivity contribution is 5.90. The first-order valence-corrected chi connectivity index (χ1v) is 9.23. The number of hydrogen-bond donors (Lipinski definition) is 2. The molecular formula is C20H33N3O. The molecule has 1 saturated heterocycles. The van der Waals surface area contributed by atoms with Crippen molar-refractivity contribution in [1.82, 2.24) is 10.2 Å². The maximum absolute atomic E-state index is 12.1. The lowest BCUT2D eigenvalue weighted by atomic mass is 9.86. The van der Waals surface area contributed by atoms with Crippen molar-refractivity contribution in [2.75, 3.05) is 31.5 Å². The van der Waals surface area contributed by atoms with Gasteiger partial charge in [0.25, 0.3) is 0 Å². The second-order valence-electron chi connectivity index (χ2n) is 8.05. The zero-order chi connectivity index (χ0) is 17.6. The molecular weight excluding hydrogens is 298 g/mol. The molecule has 1 aliphatic rings. The Balaban J connectivity index is 1.72. The molecule has 0 saturated carbocycles. The van der Waals surface area contributed by atoms with Crippen LogP contribution in [0, 0.1) is 5.92 Å². The molecule has 1 heterocycles. The van der Waals surface area contributed by atoms with Crippen LogP contribution >= 0.6 is 0 Å². The minimum absolute atomic E-state index is 0.00920. The van der Waals surface area contributed by atoms with E-state index < -0.39 is 0 Å². The zero-order valence-corrected chi connectivity index (χ0v) is 15.7. The van der Waals surface area contributed by atoms with Crippen molar-refractivity contribution in [3.05, 3.63) is 29.8 Å².